The van der Waals surface area contributed by atoms with E-state index in [1.165, 1.54) is 25.5 Å². The van der Waals surface area contributed by atoms with Crippen molar-refractivity contribution < 1.29 is 14.3 Å². The fourth-order valence-electron chi connectivity index (χ4n) is 2.45. The van der Waals surface area contributed by atoms with Crippen LogP contribution in [0.3, 0.4) is 0 Å². The molecule has 22 heavy (non-hydrogen) atoms. The third kappa shape index (κ3) is 5.21. The number of rotatable bonds is 10. The summed E-state index contributed by atoms with van der Waals surface area (Å²) < 4.78 is 11.5. The summed E-state index contributed by atoms with van der Waals surface area (Å²) >= 11 is 0. The lowest BCUT2D eigenvalue weighted by Crippen LogP contribution is -2.19. The summed E-state index contributed by atoms with van der Waals surface area (Å²) in [5.41, 5.74) is 2.70. The Labute approximate surface area is 134 Å². The molecule has 0 aliphatic rings. The molecule has 0 N–H and O–H groups in total. The van der Waals surface area contributed by atoms with Crippen LogP contribution in [0, 0.1) is 13.8 Å². The van der Waals surface area contributed by atoms with E-state index in [0.29, 0.717) is 0 Å². The van der Waals surface area contributed by atoms with Gasteiger partial charge in [0.2, 0.25) is 6.29 Å². The largest absolute Gasteiger partial charge is 0.463 e. The molecule has 0 radical (unpaired) electrons. The van der Waals surface area contributed by atoms with Gasteiger partial charge in [0, 0.05) is 12.0 Å². The molecule has 0 aliphatic carbocycles. The molecule has 0 aromatic heterocycles. The maximum atomic E-state index is 11.6. The fraction of sp³-hybridized carbons (Fsp3) is 0.526. The topological polar surface area (TPSA) is 35.5 Å². The number of carbonyl (C=O) groups excluding carboxylic acids is 1. The van der Waals surface area contributed by atoms with E-state index in [1.54, 1.807) is 6.92 Å². The summed E-state index contributed by atoms with van der Waals surface area (Å²) in [4.78, 5) is 11.6. The Morgan fingerprint density at radius 1 is 1.23 bits per heavy atom. The van der Waals surface area contributed by atoms with Crippen LogP contribution in [0.2, 0.25) is 0 Å². The Morgan fingerprint density at radius 2 is 1.95 bits per heavy atom. The lowest BCUT2D eigenvalue weighted by molar-refractivity contribution is -0.0364. The second-order valence-corrected chi connectivity index (χ2v) is 5.62. The van der Waals surface area contributed by atoms with E-state index in [2.05, 4.69) is 13.5 Å². The van der Waals surface area contributed by atoms with Crippen LogP contribution in [0.4, 0.5) is 0 Å². The Balaban J connectivity index is 2.78. The average Bonchev–Trinajstić information content (AvgIpc) is 2.48. The molecule has 3 heteroatoms. The van der Waals surface area contributed by atoms with Crippen LogP contribution in [0.1, 0.15) is 67.4 Å². The first kappa shape index (κ1) is 18.3. The highest BCUT2D eigenvalue weighted by Gasteiger charge is 2.15. The van der Waals surface area contributed by atoms with Crippen molar-refractivity contribution in [3.8, 4) is 5.75 Å². The molecule has 0 saturated carbocycles. The van der Waals surface area contributed by atoms with E-state index < -0.39 is 0 Å². The molecule has 0 heterocycles. The number of Topliss-reactive ketones (excluding diaryl/α,β-unsaturated/α-hetero) is 1. The van der Waals surface area contributed by atoms with Crippen molar-refractivity contribution in [2.24, 2.45) is 0 Å². The molecule has 1 unspecified atom stereocenters. The summed E-state index contributed by atoms with van der Waals surface area (Å²) in [6.45, 7) is 11.3. The van der Waals surface area contributed by atoms with Crippen molar-refractivity contribution in [3.63, 3.8) is 0 Å². The maximum absolute atomic E-state index is 11.6. The van der Waals surface area contributed by atoms with Crippen LogP contribution in [0.15, 0.2) is 25.0 Å². The average molecular weight is 304 g/mol. The zero-order chi connectivity index (χ0) is 16.5. The van der Waals surface area contributed by atoms with Gasteiger partial charge in [-0.15, -0.1) is 0 Å². The van der Waals surface area contributed by atoms with E-state index in [-0.39, 0.29) is 12.1 Å². The van der Waals surface area contributed by atoms with Crippen molar-refractivity contribution in [1.29, 1.82) is 0 Å². The minimum absolute atomic E-state index is 0.0746. The van der Waals surface area contributed by atoms with Crippen LogP contribution in [-0.4, -0.2) is 12.1 Å². The minimum Gasteiger partial charge on any atom is -0.463 e. The number of unbranched alkanes of at least 4 members (excludes halogenated alkanes) is 3. The minimum atomic E-state index is -0.323. The molecule has 0 amide bonds. The zero-order valence-electron chi connectivity index (χ0n) is 14.3. The fourth-order valence-corrected chi connectivity index (χ4v) is 2.45. The lowest BCUT2D eigenvalue weighted by atomic mass is 10.00. The number of hydrogen-bond donors (Lipinski definition) is 0. The van der Waals surface area contributed by atoms with E-state index in [9.17, 15) is 4.79 Å². The number of ether oxygens (including phenoxy) is 2. The number of hydrogen-bond acceptors (Lipinski definition) is 3. The molecule has 0 spiro atoms. The predicted molar refractivity (Wildman–Crippen MR) is 90.4 cm³/mol. The molecule has 3 nitrogen and oxygen atoms in total. The quantitative estimate of drug-likeness (QED) is 0.253. The first-order valence-electron chi connectivity index (χ1n) is 8.05. The second-order valence-electron chi connectivity index (χ2n) is 5.62. The van der Waals surface area contributed by atoms with E-state index in [4.69, 9.17) is 9.47 Å². The summed E-state index contributed by atoms with van der Waals surface area (Å²) in [7, 11) is 0. The monoisotopic (exact) mass is 304 g/mol. The molecule has 0 fully saturated rings. The van der Waals surface area contributed by atoms with Gasteiger partial charge in [-0.2, -0.15) is 0 Å². The van der Waals surface area contributed by atoms with Gasteiger partial charge in [-0.05, 0) is 50.5 Å². The molecule has 0 bridgehead atoms. The molecular formula is C19H28O3. The summed E-state index contributed by atoms with van der Waals surface area (Å²) in [6, 6.07) is 3.67. The van der Waals surface area contributed by atoms with Crippen LogP contribution in [0.25, 0.3) is 0 Å². The summed E-state index contributed by atoms with van der Waals surface area (Å²) in [5.74, 6) is 0.843. The van der Waals surface area contributed by atoms with Gasteiger partial charge in [-0.1, -0.05) is 32.8 Å². The van der Waals surface area contributed by atoms with Gasteiger partial charge in [-0.25, -0.2) is 0 Å². The van der Waals surface area contributed by atoms with Gasteiger partial charge < -0.3 is 9.47 Å². The van der Waals surface area contributed by atoms with E-state index >= 15 is 0 Å². The number of benzene rings is 1. The van der Waals surface area contributed by atoms with Crippen LogP contribution >= 0.6 is 0 Å². The molecule has 0 saturated heterocycles. The van der Waals surface area contributed by atoms with Gasteiger partial charge >= 0.3 is 0 Å². The van der Waals surface area contributed by atoms with Crippen LogP contribution < -0.4 is 4.74 Å². The highest BCUT2D eigenvalue weighted by atomic mass is 16.7. The Bertz CT molecular complexity index is 506. The zero-order valence-corrected chi connectivity index (χ0v) is 14.3. The van der Waals surface area contributed by atoms with Crippen molar-refractivity contribution >= 4 is 5.78 Å². The molecule has 1 aromatic rings. The predicted octanol–water partition coefficient (Wildman–Crippen LogP) is 5.34. The molecule has 122 valence electrons. The normalized spacial score (nSPS) is 11.8. The second kappa shape index (κ2) is 9.29. The van der Waals surface area contributed by atoms with Gasteiger partial charge in [0.05, 0.1) is 6.26 Å². The van der Waals surface area contributed by atoms with Crippen LogP contribution in [0.5, 0.6) is 5.75 Å². The third-order valence-corrected chi connectivity index (χ3v) is 3.92. The smallest absolute Gasteiger partial charge is 0.240 e. The van der Waals surface area contributed by atoms with Crippen molar-refractivity contribution in [2.75, 3.05) is 0 Å². The molecular weight excluding hydrogens is 276 g/mol. The van der Waals surface area contributed by atoms with Gasteiger partial charge in [-0.3, -0.25) is 4.79 Å². The SMILES string of the molecule is C=COC(CCCCCC)Oc1ccc(C(C)=O)c(C)c1C. The number of carbonyl (C=O) groups is 1. The Hall–Kier alpha value is -1.77. The Morgan fingerprint density at radius 3 is 2.55 bits per heavy atom. The molecule has 1 rings (SSSR count). The highest BCUT2D eigenvalue weighted by molar-refractivity contribution is 5.96. The van der Waals surface area contributed by atoms with Crippen molar-refractivity contribution in [1.82, 2.24) is 0 Å². The summed E-state index contributed by atoms with van der Waals surface area (Å²) in [5, 5.41) is 0. The number of ketones is 1. The van der Waals surface area contributed by atoms with Crippen molar-refractivity contribution in [3.05, 3.63) is 41.7 Å². The van der Waals surface area contributed by atoms with E-state index in [1.807, 2.05) is 26.0 Å². The third-order valence-electron chi connectivity index (χ3n) is 3.92. The van der Waals surface area contributed by atoms with Gasteiger partial charge in [0.25, 0.3) is 0 Å². The van der Waals surface area contributed by atoms with E-state index in [0.717, 1.165) is 35.3 Å². The lowest BCUT2D eigenvalue weighted by Gasteiger charge is -2.21. The first-order chi connectivity index (χ1) is 10.5. The Kier molecular flexibility index (Phi) is 7.72. The van der Waals surface area contributed by atoms with Gasteiger partial charge in [0.1, 0.15) is 5.75 Å². The molecule has 0 aliphatic heterocycles. The maximum Gasteiger partial charge on any atom is 0.240 e. The van der Waals surface area contributed by atoms with Crippen LogP contribution in [-0.2, 0) is 4.74 Å². The first-order valence-corrected chi connectivity index (χ1v) is 8.05. The molecule has 1 aromatic carbocycles. The van der Waals surface area contributed by atoms with Crippen molar-refractivity contribution in [2.45, 2.75) is 66.1 Å². The highest BCUT2D eigenvalue weighted by Crippen LogP contribution is 2.26. The molecule has 1 atom stereocenters. The van der Waals surface area contributed by atoms with Gasteiger partial charge in [0.15, 0.2) is 5.78 Å². The standard InChI is InChI=1S/C19H28O3/c1-6-8-9-10-11-19(21-7-2)22-18-13-12-17(16(5)20)14(3)15(18)4/h7,12-13,19H,2,6,8-11H2,1,3-5H3. The summed E-state index contributed by atoms with van der Waals surface area (Å²) in [6.07, 6.45) is 6.62.